The van der Waals surface area contributed by atoms with Gasteiger partial charge in [0.2, 0.25) is 5.91 Å². The van der Waals surface area contributed by atoms with E-state index in [4.69, 9.17) is 4.74 Å². The van der Waals surface area contributed by atoms with Crippen molar-refractivity contribution in [2.24, 2.45) is 0 Å². The minimum atomic E-state index is -4.60. The van der Waals surface area contributed by atoms with Crippen LogP contribution in [0.2, 0.25) is 0 Å². The van der Waals surface area contributed by atoms with E-state index in [9.17, 15) is 18.0 Å². The van der Waals surface area contributed by atoms with E-state index in [0.29, 0.717) is 30.7 Å². The van der Waals surface area contributed by atoms with E-state index in [1.54, 1.807) is 31.4 Å². The standard InChI is InChI=1S/C18H22F3N3O3/c1-26-14-9-7-8-13(12-14)22-16(25)11-6-4-2-3-5-10-15-23-17(27-24-15)18(19,20)21/h7-9,12H,2-6,10-11H2,1H3,(H,22,25). The van der Waals surface area contributed by atoms with E-state index in [1.165, 1.54) is 0 Å². The summed E-state index contributed by atoms with van der Waals surface area (Å²) in [6.07, 6.45) is 0.155. The number of nitrogens with one attached hydrogen (secondary N) is 1. The number of hydrogen-bond acceptors (Lipinski definition) is 5. The van der Waals surface area contributed by atoms with Crippen LogP contribution in [-0.2, 0) is 17.4 Å². The molecular formula is C18H22F3N3O3. The zero-order valence-electron chi connectivity index (χ0n) is 15.0. The maximum Gasteiger partial charge on any atom is 0.471 e. The van der Waals surface area contributed by atoms with Crippen molar-refractivity contribution in [3.05, 3.63) is 36.0 Å². The first-order valence-corrected chi connectivity index (χ1v) is 8.72. The Kier molecular flexibility index (Phi) is 7.63. The van der Waals surface area contributed by atoms with Crippen LogP contribution in [0.5, 0.6) is 5.75 Å². The third kappa shape index (κ3) is 7.28. The molecule has 148 valence electrons. The van der Waals surface area contributed by atoms with Gasteiger partial charge in [-0.1, -0.05) is 30.5 Å². The smallest absolute Gasteiger partial charge is 0.471 e. The normalized spacial score (nSPS) is 11.4. The first-order chi connectivity index (χ1) is 12.9. The highest BCUT2D eigenvalue weighted by Crippen LogP contribution is 2.27. The van der Waals surface area contributed by atoms with Crippen molar-refractivity contribution >= 4 is 11.6 Å². The summed E-state index contributed by atoms with van der Waals surface area (Å²) in [4.78, 5) is 15.2. The third-order valence-corrected chi connectivity index (χ3v) is 3.87. The fourth-order valence-electron chi connectivity index (χ4n) is 2.49. The van der Waals surface area contributed by atoms with Crippen molar-refractivity contribution in [1.82, 2.24) is 10.1 Å². The van der Waals surface area contributed by atoms with E-state index in [-0.39, 0.29) is 11.7 Å². The molecule has 0 aliphatic heterocycles. The molecule has 0 aliphatic rings. The summed E-state index contributed by atoms with van der Waals surface area (Å²) in [5.41, 5.74) is 0.692. The molecule has 1 amide bonds. The molecule has 27 heavy (non-hydrogen) atoms. The lowest BCUT2D eigenvalue weighted by atomic mass is 10.1. The first kappa shape index (κ1) is 20.7. The predicted molar refractivity (Wildman–Crippen MR) is 92.3 cm³/mol. The van der Waals surface area contributed by atoms with Crippen molar-refractivity contribution in [2.75, 3.05) is 12.4 Å². The maximum absolute atomic E-state index is 12.3. The van der Waals surface area contributed by atoms with Gasteiger partial charge in [-0.15, -0.1) is 0 Å². The Morgan fingerprint density at radius 3 is 2.63 bits per heavy atom. The highest BCUT2D eigenvalue weighted by atomic mass is 19.4. The van der Waals surface area contributed by atoms with Crippen LogP contribution in [0, 0.1) is 0 Å². The van der Waals surface area contributed by atoms with E-state index in [0.717, 1.165) is 25.7 Å². The number of carbonyl (C=O) groups excluding carboxylic acids is 1. The fourth-order valence-corrected chi connectivity index (χ4v) is 2.49. The van der Waals surface area contributed by atoms with Gasteiger partial charge >= 0.3 is 12.1 Å². The van der Waals surface area contributed by atoms with Gasteiger partial charge in [0, 0.05) is 24.6 Å². The summed E-state index contributed by atoms with van der Waals surface area (Å²) in [6.45, 7) is 0. The van der Waals surface area contributed by atoms with Gasteiger partial charge < -0.3 is 14.6 Å². The zero-order chi connectivity index (χ0) is 19.7. The molecule has 2 rings (SSSR count). The number of aryl methyl sites for hydroxylation is 1. The average molecular weight is 385 g/mol. The van der Waals surface area contributed by atoms with E-state index < -0.39 is 12.1 Å². The van der Waals surface area contributed by atoms with Gasteiger partial charge in [-0.25, -0.2) is 0 Å². The monoisotopic (exact) mass is 385 g/mol. The van der Waals surface area contributed by atoms with Crippen molar-refractivity contribution in [1.29, 1.82) is 0 Å². The summed E-state index contributed by atoms with van der Waals surface area (Å²) in [5.74, 6) is -0.619. The molecule has 1 aromatic heterocycles. The number of rotatable bonds is 10. The Morgan fingerprint density at radius 2 is 1.93 bits per heavy atom. The molecule has 2 aromatic rings. The zero-order valence-corrected chi connectivity index (χ0v) is 15.0. The van der Waals surface area contributed by atoms with E-state index in [2.05, 4.69) is 20.0 Å². The molecule has 0 unspecified atom stereocenters. The molecule has 0 aliphatic carbocycles. The van der Waals surface area contributed by atoms with Crippen molar-refractivity contribution in [3.8, 4) is 5.75 Å². The Labute approximate surface area is 155 Å². The molecule has 9 heteroatoms. The van der Waals surface area contributed by atoms with Crippen LogP contribution in [0.25, 0.3) is 0 Å². The lowest BCUT2D eigenvalue weighted by molar-refractivity contribution is -0.159. The van der Waals surface area contributed by atoms with Crippen molar-refractivity contribution in [2.45, 2.75) is 51.1 Å². The Bertz CT molecular complexity index is 732. The van der Waals surface area contributed by atoms with Crippen LogP contribution in [0.1, 0.15) is 50.2 Å². The summed E-state index contributed by atoms with van der Waals surface area (Å²) >= 11 is 0. The van der Waals surface area contributed by atoms with Gasteiger partial charge in [0.15, 0.2) is 5.82 Å². The Morgan fingerprint density at radius 1 is 1.19 bits per heavy atom. The fraction of sp³-hybridized carbons (Fsp3) is 0.500. The number of ether oxygens (including phenoxy) is 1. The second kappa shape index (κ2) is 9.94. The first-order valence-electron chi connectivity index (χ1n) is 8.72. The van der Waals surface area contributed by atoms with Crippen LogP contribution in [0.4, 0.5) is 18.9 Å². The number of alkyl halides is 3. The van der Waals surface area contributed by atoms with Crippen molar-refractivity contribution < 1.29 is 27.2 Å². The minimum Gasteiger partial charge on any atom is -0.497 e. The molecule has 1 N–H and O–H groups in total. The quantitative estimate of drug-likeness (QED) is 0.604. The maximum atomic E-state index is 12.3. The molecule has 0 saturated heterocycles. The van der Waals surface area contributed by atoms with Crippen LogP contribution in [-0.4, -0.2) is 23.2 Å². The minimum absolute atomic E-state index is 0.0604. The lowest BCUT2D eigenvalue weighted by Crippen LogP contribution is -2.11. The second-order valence-corrected chi connectivity index (χ2v) is 6.06. The molecule has 0 fully saturated rings. The summed E-state index contributed by atoms with van der Waals surface area (Å²) in [7, 11) is 1.56. The molecular weight excluding hydrogens is 363 g/mol. The van der Waals surface area contributed by atoms with Gasteiger partial charge in [-0.05, 0) is 25.0 Å². The highest BCUT2D eigenvalue weighted by molar-refractivity contribution is 5.90. The third-order valence-electron chi connectivity index (χ3n) is 3.87. The number of nitrogens with zero attached hydrogens (tertiary/aromatic N) is 2. The Balaban J connectivity index is 1.55. The summed E-state index contributed by atoms with van der Waals surface area (Å²) in [6, 6.07) is 7.15. The number of benzene rings is 1. The van der Waals surface area contributed by atoms with Crippen LogP contribution in [0.3, 0.4) is 0 Å². The second-order valence-electron chi connectivity index (χ2n) is 6.06. The number of aromatic nitrogens is 2. The molecule has 1 heterocycles. The average Bonchev–Trinajstić information content (AvgIpc) is 3.10. The molecule has 0 radical (unpaired) electrons. The number of halogens is 3. The largest absolute Gasteiger partial charge is 0.497 e. The molecule has 0 saturated carbocycles. The van der Waals surface area contributed by atoms with E-state index in [1.807, 2.05) is 0 Å². The van der Waals surface area contributed by atoms with Crippen LogP contribution in [0.15, 0.2) is 28.8 Å². The number of carbonyl (C=O) groups is 1. The number of amides is 1. The van der Waals surface area contributed by atoms with Crippen LogP contribution < -0.4 is 10.1 Å². The topological polar surface area (TPSA) is 77.2 Å². The van der Waals surface area contributed by atoms with Gasteiger partial charge in [-0.3, -0.25) is 4.79 Å². The number of unbranched alkanes of at least 4 members (excludes halogenated alkanes) is 4. The predicted octanol–water partition coefficient (Wildman–Crippen LogP) is 4.62. The molecule has 0 atom stereocenters. The van der Waals surface area contributed by atoms with Gasteiger partial charge in [0.05, 0.1) is 7.11 Å². The molecule has 1 aromatic carbocycles. The SMILES string of the molecule is COc1cccc(NC(=O)CCCCCCCc2noc(C(F)(F)F)n2)c1. The van der Waals surface area contributed by atoms with Gasteiger partial charge in [-0.2, -0.15) is 18.2 Å². The van der Waals surface area contributed by atoms with Crippen LogP contribution >= 0.6 is 0 Å². The molecule has 0 bridgehead atoms. The summed E-state index contributed by atoms with van der Waals surface area (Å²) < 4.78 is 46.3. The Hall–Kier alpha value is -2.58. The number of hydrogen-bond donors (Lipinski definition) is 1. The number of anilines is 1. The van der Waals surface area contributed by atoms with Gasteiger partial charge in [0.25, 0.3) is 0 Å². The highest BCUT2D eigenvalue weighted by Gasteiger charge is 2.38. The molecule has 6 nitrogen and oxygen atoms in total. The summed E-state index contributed by atoms with van der Waals surface area (Å²) in [5, 5.41) is 6.14. The van der Waals surface area contributed by atoms with E-state index >= 15 is 0 Å². The lowest BCUT2D eigenvalue weighted by Gasteiger charge is -2.07. The molecule has 0 spiro atoms. The number of methoxy groups -OCH3 is 1. The van der Waals surface area contributed by atoms with Gasteiger partial charge in [0.1, 0.15) is 5.75 Å². The van der Waals surface area contributed by atoms with Crippen molar-refractivity contribution in [3.63, 3.8) is 0 Å².